The van der Waals surface area contributed by atoms with E-state index < -0.39 is 17.6 Å². The lowest BCUT2D eigenvalue weighted by molar-refractivity contribution is -0.126. The molecular formula is C19H19N3O3. The molecule has 1 atom stereocenters. The maximum absolute atomic E-state index is 12.4. The smallest absolute Gasteiger partial charge is 0.289 e. The molecule has 1 aromatic carbocycles. The minimum atomic E-state index is -0.530. The topological polar surface area (TPSA) is 82.5 Å². The first-order valence-electron chi connectivity index (χ1n) is 7.96. The minimum absolute atomic E-state index is 0.102. The monoisotopic (exact) mass is 337 g/mol. The number of benzene rings is 1. The number of aromatic nitrogens is 1. The Hall–Kier alpha value is -3.15. The fourth-order valence-corrected chi connectivity index (χ4v) is 2.77. The van der Waals surface area contributed by atoms with Gasteiger partial charge in [-0.15, -0.1) is 0 Å². The Morgan fingerprint density at radius 2 is 1.96 bits per heavy atom. The van der Waals surface area contributed by atoms with Crippen LogP contribution in [0.15, 0.2) is 60.1 Å². The van der Waals surface area contributed by atoms with Gasteiger partial charge in [0.2, 0.25) is 0 Å². The van der Waals surface area contributed by atoms with Gasteiger partial charge in [0, 0.05) is 19.4 Å². The largest absolute Gasteiger partial charge is 0.503 e. The number of aliphatic hydroxyl groups excluding tert-OH is 1. The van der Waals surface area contributed by atoms with Gasteiger partial charge in [-0.2, -0.15) is 0 Å². The number of nitrogens with zero attached hydrogens (tertiary/aromatic N) is 2. The highest BCUT2D eigenvalue weighted by Gasteiger charge is 2.32. The summed E-state index contributed by atoms with van der Waals surface area (Å²) in [6, 6.07) is 11.4. The molecule has 0 aliphatic carbocycles. The normalized spacial score (nSPS) is 15.4. The predicted molar refractivity (Wildman–Crippen MR) is 93.5 cm³/mol. The van der Waals surface area contributed by atoms with Crippen LogP contribution in [0, 0.1) is 0 Å². The van der Waals surface area contributed by atoms with Crippen LogP contribution in [-0.2, 0) is 9.59 Å². The molecule has 1 aliphatic rings. The van der Waals surface area contributed by atoms with Crippen molar-refractivity contribution in [2.45, 2.75) is 13.0 Å². The molecule has 1 aromatic heterocycles. The van der Waals surface area contributed by atoms with E-state index in [1.54, 1.807) is 19.4 Å². The summed E-state index contributed by atoms with van der Waals surface area (Å²) in [4.78, 5) is 29.3. The van der Waals surface area contributed by atoms with Crippen molar-refractivity contribution in [3.05, 3.63) is 65.7 Å². The third-order valence-corrected chi connectivity index (χ3v) is 4.25. The van der Waals surface area contributed by atoms with Crippen LogP contribution in [-0.4, -0.2) is 40.4 Å². The summed E-state index contributed by atoms with van der Waals surface area (Å²) in [6.45, 7) is 1.97. The number of amides is 2. The van der Waals surface area contributed by atoms with E-state index in [0.29, 0.717) is 0 Å². The van der Waals surface area contributed by atoms with E-state index in [9.17, 15) is 14.7 Å². The van der Waals surface area contributed by atoms with Crippen molar-refractivity contribution in [3.8, 4) is 11.1 Å². The van der Waals surface area contributed by atoms with E-state index >= 15 is 0 Å². The number of carbonyl (C=O) groups excluding carboxylic acids is 2. The molecule has 0 saturated carbocycles. The fraction of sp³-hybridized carbons (Fsp3) is 0.211. The van der Waals surface area contributed by atoms with Gasteiger partial charge in [0.15, 0.2) is 5.76 Å². The molecule has 128 valence electrons. The van der Waals surface area contributed by atoms with Crippen molar-refractivity contribution >= 4 is 11.8 Å². The molecule has 0 spiro atoms. The van der Waals surface area contributed by atoms with Crippen LogP contribution in [0.4, 0.5) is 0 Å². The number of carbonyl (C=O) groups is 2. The van der Waals surface area contributed by atoms with Gasteiger partial charge >= 0.3 is 0 Å². The Morgan fingerprint density at radius 1 is 1.24 bits per heavy atom. The van der Waals surface area contributed by atoms with E-state index in [1.165, 1.54) is 4.90 Å². The second kappa shape index (κ2) is 6.76. The molecule has 0 saturated heterocycles. The Labute approximate surface area is 145 Å². The van der Waals surface area contributed by atoms with Gasteiger partial charge in [0.25, 0.3) is 11.8 Å². The summed E-state index contributed by atoms with van der Waals surface area (Å²) >= 11 is 0. The van der Waals surface area contributed by atoms with Gasteiger partial charge in [-0.25, -0.2) is 0 Å². The number of likely N-dealkylation sites (N-methyl/N-ethyl adjacent to an activating group) is 1. The van der Waals surface area contributed by atoms with Crippen molar-refractivity contribution in [2.75, 3.05) is 13.6 Å². The van der Waals surface area contributed by atoms with Crippen LogP contribution >= 0.6 is 0 Å². The average Bonchev–Trinajstić information content (AvgIpc) is 2.90. The number of rotatable bonds is 4. The summed E-state index contributed by atoms with van der Waals surface area (Å²) < 4.78 is 0. The first-order chi connectivity index (χ1) is 12.0. The van der Waals surface area contributed by atoms with Gasteiger partial charge in [-0.05, 0) is 41.8 Å². The summed E-state index contributed by atoms with van der Waals surface area (Å²) in [6.07, 6.45) is 3.46. The Bertz CT molecular complexity index is 846. The van der Waals surface area contributed by atoms with Crippen LogP contribution < -0.4 is 5.32 Å². The number of hydrogen-bond donors (Lipinski definition) is 2. The van der Waals surface area contributed by atoms with Gasteiger partial charge < -0.3 is 15.3 Å². The van der Waals surface area contributed by atoms with E-state index in [0.717, 1.165) is 16.7 Å². The number of aliphatic hydroxyl groups is 1. The predicted octanol–water partition coefficient (Wildman–Crippen LogP) is 2.21. The molecule has 25 heavy (non-hydrogen) atoms. The Kier molecular flexibility index (Phi) is 4.52. The Balaban J connectivity index is 1.77. The molecule has 1 aliphatic heterocycles. The molecule has 2 heterocycles. The minimum Gasteiger partial charge on any atom is -0.503 e. The van der Waals surface area contributed by atoms with Crippen LogP contribution in [0.1, 0.15) is 18.5 Å². The highest BCUT2D eigenvalue weighted by molar-refractivity contribution is 6.06. The molecule has 6 nitrogen and oxygen atoms in total. The summed E-state index contributed by atoms with van der Waals surface area (Å²) in [7, 11) is 1.54. The van der Waals surface area contributed by atoms with Crippen LogP contribution in [0.5, 0.6) is 0 Å². The van der Waals surface area contributed by atoms with Crippen molar-refractivity contribution in [3.63, 3.8) is 0 Å². The zero-order valence-electron chi connectivity index (χ0n) is 14.1. The van der Waals surface area contributed by atoms with Crippen molar-refractivity contribution in [2.24, 2.45) is 0 Å². The van der Waals surface area contributed by atoms with Crippen LogP contribution in [0.25, 0.3) is 11.1 Å². The molecule has 0 fully saturated rings. The first-order valence-corrected chi connectivity index (χ1v) is 7.96. The maximum Gasteiger partial charge on any atom is 0.289 e. The second-order valence-corrected chi connectivity index (χ2v) is 6.04. The van der Waals surface area contributed by atoms with Crippen molar-refractivity contribution in [1.29, 1.82) is 0 Å². The summed E-state index contributed by atoms with van der Waals surface area (Å²) in [5, 5.41) is 12.6. The van der Waals surface area contributed by atoms with E-state index in [2.05, 4.69) is 10.3 Å². The lowest BCUT2D eigenvalue weighted by atomic mass is 10.0. The van der Waals surface area contributed by atoms with E-state index in [1.807, 2.05) is 43.3 Å². The van der Waals surface area contributed by atoms with Crippen LogP contribution in [0.3, 0.4) is 0 Å². The van der Waals surface area contributed by atoms with Gasteiger partial charge in [-0.1, -0.05) is 18.2 Å². The molecular weight excluding hydrogens is 318 g/mol. The quantitative estimate of drug-likeness (QED) is 0.896. The van der Waals surface area contributed by atoms with Crippen molar-refractivity contribution in [1.82, 2.24) is 15.2 Å². The van der Waals surface area contributed by atoms with Gasteiger partial charge in [0.05, 0.1) is 18.2 Å². The second-order valence-electron chi connectivity index (χ2n) is 6.04. The molecule has 0 bridgehead atoms. The van der Waals surface area contributed by atoms with Gasteiger partial charge in [-0.3, -0.25) is 14.6 Å². The lowest BCUT2D eigenvalue weighted by Crippen LogP contribution is -2.30. The molecule has 2 aromatic rings. The highest BCUT2D eigenvalue weighted by atomic mass is 16.3. The Morgan fingerprint density at radius 3 is 2.60 bits per heavy atom. The molecule has 2 amide bonds. The third-order valence-electron chi connectivity index (χ3n) is 4.25. The standard InChI is InChI=1S/C19H19N3O3/c1-12(21-18(24)16-11-22(2)19(25)17(16)23)14-4-3-5-15(10-14)13-6-8-20-9-7-13/h3-10,12,23H,11H2,1-2H3,(H,21,24)/t12-/m1/s1. The first kappa shape index (κ1) is 16.7. The molecule has 3 rings (SSSR count). The number of nitrogens with one attached hydrogen (secondary N) is 1. The zero-order chi connectivity index (χ0) is 18.0. The fourth-order valence-electron chi connectivity index (χ4n) is 2.77. The molecule has 0 unspecified atom stereocenters. The number of hydrogen-bond acceptors (Lipinski definition) is 4. The van der Waals surface area contributed by atoms with Crippen molar-refractivity contribution < 1.29 is 14.7 Å². The third kappa shape index (κ3) is 3.38. The summed E-state index contributed by atoms with van der Waals surface area (Å²) in [5.41, 5.74) is 3.10. The average molecular weight is 337 g/mol. The lowest BCUT2D eigenvalue weighted by Gasteiger charge is -2.16. The summed E-state index contributed by atoms with van der Waals surface area (Å²) in [5.74, 6) is -1.44. The number of pyridine rings is 1. The molecule has 0 radical (unpaired) electrons. The molecule has 2 N–H and O–H groups in total. The van der Waals surface area contributed by atoms with Crippen LogP contribution in [0.2, 0.25) is 0 Å². The zero-order valence-corrected chi connectivity index (χ0v) is 14.1. The van der Waals surface area contributed by atoms with E-state index in [4.69, 9.17) is 0 Å². The molecule has 6 heteroatoms. The highest BCUT2D eigenvalue weighted by Crippen LogP contribution is 2.23. The van der Waals surface area contributed by atoms with E-state index in [-0.39, 0.29) is 18.2 Å². The maximum atomic E-state index is 12.4. The SMILES string of the molecule is C[C@@H](NC(=O)C1=C(O)C(=O)N(C)C1)c1cccc(-c2ccncc2)c1. The van der Waals surface area contributed by atoms with Gasteiger partial charge in [0.1, 0.15) is 0 Å².